The largest absolute Gasteiger partial charge is 0.453 e. The van der Waals surface area contributed by atoms with Gasteiger partial charge >= 0.3 is 6.09 Å². The van der Waals surface area contributed by atoms with Gasteiger partial charge in [0.2, 0.25) is 5.91 Å². The van der Waals surface area contributed by atoms with Gasteiger partial charge in [0.15, 0.2) is 5.13 Å². The zero-order valence-corrected chi connectivity index (χ0v) is 15.5. The van der Waals surface area contributed by atoms with Gasteiger partial charge in [-0.15, -0.1) is 11.3 Å². The number of methoxy groups -OCH3 is 1. The van der Waals surface area contributed by atoms with E-state index in [4.69, 9.17) is 5.73 Å². The van der Waals surface area contributed by atoms with Gasteiger partial charge in [0.25, 0.3) is 5.91 Å². The van der Waals surface area contributed by atoms with E-state index < -0.39 is 18.0 Å². The third kappa shape index (κ3) is 5.06. The number of nitrogens with zero attached hydrogens (tertiary/aromatic N) is 1. The number of aromatic amines is 1. The van der Waals surface area contributed by atoms with Crippen molar-refractivity contribution < 1.29 is 19.1 Å². The van der Waals surface area contributed by atoms with Gasteiger partial charge in [0.05, 0.1) is 12.8 Å². The number of nitrogens with two attached hydrogens (primary N) is 1. The lowest BCUT2D eigenvalue weighted by Crippen LogP contribution is -2.44. The summed E-state index contributed by atoms with van der Waals surface area (Å²) in [6.07, 6.45) is 1.40. The molecular formula is C16H21N5O4S. The van der Waals surface area contributed by atoms with E-state index in [1.807, 2.05) is 13.8 Å². The van der Waals surface area contributed by atoms with Crippen LogP contribution in [-0.2, 0) is 9.53 Å². The Bertz CT molecular complexity index is 798. The molecule has 2 heterocycles. The topological polar surface area (TPSA) is 139 Å². The highest BCUT2D eigenvalue weighted by atomic mass is 32.1. The molecule has 1 atom stereocenters. The Balaban J connectivity index is 2.08. The summed E-state index contributed by atoms with van der Waals surface area (Å²) in [7, 11) is 1.24. The molecule has 0 fully saturated rings. The predicted molar refractivity (Wildman–Crippen MR) is 97.8 cm³/mol. The van der Waals surface area contributed by atoms with Crippen LogP contribution in [0.15, 0.2) is 17.6 Å². The lowest BCUT2D eigenvalue weighted by atomic mass is 10.0. The van der Waals surface area contributed by atoms with Crippen LogP contribution in [0.3, 0.4) is 0 Å². The predicted octanol–water partition coefficient (Wildman–Crippen LogP) is 1.95. The third-order valence-corrected chi connectivity index (χ3v) is 4.24. The smallest absolute Gasteiger partial charge is 0.407 e. The van der Waals surface area contributed by atoms with E-state index in [1.54, 1.807) is 17.6 Å². The summed E-state index contributed by atoms with van der Waals surface area (Å²) in [4.78, 5) is 42.1. The SMILES string of the molecule is COC(=O)NC(CC(C)C)C(=O)Nc1nc(-c2c[nH]c(C(N)=O)c2)cs1. The molecule has 26 heavy (non-hydrogen) atoms. The van der Waals surface area contributed by atoms with Crippen molar-refractivity contribution in [3.8, 4) is 11.3 Å². The minimum Gasteiger partial charge on any atom is -0.453 e. The number of carbonyl (C=O) groups is 3. The van der Waals surface area contributed by atoms with Crippen LogP contribution in [0.5, 0.6) is 0 Å². The first-order valence-electron chi connectivity index (χ1n) is 7.89. The van der Waals surface area contributed by atoms with E-state index in [9.17, 15) is 14.4 Å². The van der Waals surface area contributed by atoms with Crippen LogP contribution in [0.25, 0.3) is 11.3 Å². The van der Waals surface area contributed by atoms with E-state index in [2.05, 4.69) is 25.3 Å². The van der Waals surface area contributed by atoms with E-state index >= 15 is 0 Å². The highest BCUT2D eigenvalue weighted by Crippen LogP contribution is 2.25. The van der Waals surface area contributed by atoms with Crippen LogP contribution >= 0.6 is 11.3 Å². The van der Waals surface area contributed by atoms with Gasteiger partial charge in [0.1, 0.15) is 11.7 Å². The number of nitrogens with one attached hydrogen (secondary N) is 3. The van der Waals surface area contributed by atoms with Crippen molar-refractivity contribution in [2.24, 2.45) is 11.7 Å². The molecule has 0 aliphatic carbocycles. The van der Waals surface area contributed by atoms with Crippen molar-refractivity contribution in [3.63, 3.8) is 0 Å². The van der Waals surface area contributed by atoms with Gasteiger partial charge in [-0.05, 0) is 18.4 Å². The Labute approximate surface area is 154 Å². The summed E-state index contributed by atoms with van der Waals surface area (Å²) in [5.74, 6) is -0.746. The maximum absolute atomic E-state index is 12.5. The zero-order valence-electron chi connectivity index (χ0n) is 14.7. The van der Waals surface area contributed by atoms with E-state index in [0.717, 1.165) is 0 Å². The normalized spacial score (nSPS) is 11.8. The first-order chi connectivity index (χ1) is 12.3. The monoisotopic (exact) mass is 379 g/mol. The summed E-state index contributed by atoms with van der Waals surface area (Å²) < 4.78 is 4.56. The van der Waals surface area contributed by atoms with Crippen molar-refractivity contribution in [2.45, 2.75) is 26.3 Å². The molecule has 0 saturated heterocycles. The molecule has 2 rings (SSSR count). The number of hydrogen-bond acceptors (Lipinski definition) is 6. The molecule has 5 N–H and O–H groups in total. The second kappa shape index (κ2) is 8.48. The molecule has 0 bridgehead atoms. The fourth-order valence-electron chi connectivity index (χ4n) is 2.24. The molecule has 0 radical (unpaired) electrons. The minimum atomic E-state index is -0.733. The Morgan fingerprint density at radius 1 is 1.38 bits per heavy atom. The van der Waals surface area contributed by atoms with Gasteiger partial charge in [0, 0.05) is 17.1 Å². The minimum absolute atomic E-state index is 0.196. The molecule has 1 unspecified atom stereocenters. The lowest BCUT2D eigenvalue weighted by molar-refractivity contribution is -0.118. The van der Waals surface area contributed by atoms with Crippen LogP contribution in [0.2, 0.25) is 0 Å². The molecule has 9 nitrogen and oxygen atoms in total. The molecular weight excluding hydrogens is 358 g/mol. The number of ether oxygens (including phenoxy) is 1. The Hall–Kier alpha value is -2.88. The number of carbonyl (C=O) groups excluding carboxylic acids is 3. The number of amides is 3. The maximum Gasteiger partial charge on any atom is 0.407 e. The molecule has 0 aliphatic rings. The first kappa shape index (κ1) is 19.4. The zero-order chi connectivity index (χ0) is 19.3. The van der Waals surface area contributed by atoms with Gasteiger partial charge < -0.3 is 26.1 Å². The highest BCUT2D eigenvalue weighted by molar-refractivity contribution is 7.14. The summed E-state index contributed by atoms with van der Waals surface area (Å²) in [5, 5.41) is 7.34. The van der Waals surface area contributed by atoms with Gasteiger partial charge in [-0.25, -0.2) is 9.78 Å². The average Bonchev–Trinajstić information content (AvgIpc) is 3.22. The molecule has 0 aromatic carbocycles. The molecule has 0 saturated carbocycles. The van der Waals surface area contributed by atoms with Crippen molar-refractivity contribution in [2.75, 3.05) is 12.4 Å². The van der Waals surface area contributed by atoms with Crippen LogP contribution in [0, 0.1) is 5.92 Å². The fraction of sp³-hybridized carbons (Fsp3) is 0.375. The summed E-state index contributed by atoms with van der Waals surface area (Å²) in [6.45, 7) is 3.89. The number of hydrogen-bond donors (Lipinski definition) is 4. The van der Waals surface area contributed by atoms with Crippen LogP contribution in [0.1, 0.15) is 30.8 Å². The quantitative estimate of drug-likeness (QED) is 0.582. The second-order valence-corrected chi connectivity index (χ2v) is 6.87. The lowest BCUT2D eigenvalue weighted by Gasteiger charge is -2.18. The number of aromatic nitrogens is 2. The number of alkyl carbamates (subject to hydrolysis) is 1. The summed E-state index contributed by atoms with van der Waals surface area (Å²) in [6, 6.07) is 0.854. The molecule has 0 aliphatic heterocycles. The molecule has 2 aromatic heterocycles. The van der Waals surface area contributed by atoms with Crippen LogP contribution in [-0.4, -0.2) is 41.0 Å². The van der Waals surface area contributed by atoms with E-state index in [-0.39, 0.29) is 17.5 Å². The van der Waals surface area contributed by atoms with E-state index in [0.29, 0.717) is 22.8 Å². The number of primary amides is 1. The van der Waals surface area contributed by atoms with Gasteiger partial charge in [-0.1, -0.05) is 13.8 Å². The second-order valence-electron chi connectivity index (χ2n) is 6.01. The van der Waals surface area contributed by atoms with Crippen LogP contribution < -0.4 is 16.4 Å². The standard InChI is InChI=1S/C16H21N5O4S/c1-8(2)4-11(20-16(24)25-3)14(23)21-15-19-12(7-26-15)9-5-10(13(17)22)18-6-9/h5-8,11,18H,4H2,1-3H3,(H2,17,22)(H,20,24)(H,19,21,23). The molecule has 0 spiro atoms. The highest BCUT2D eigenvalue weighted by Gasteiger charge is 2.23. The van der Waals surface area contributed by atoms with E-state index in [1.165, 1.54) is 18.4 Å². The third-order valence-electron chi connectivity index (χ3n) is 3.48. The number of rotatable bonds is 7. The van der Waals surface area contributed by atoms with Gasteiger partial charge in [-0.2, -0.15) is 0 Å². The Morgan fingerprint density at radius 2 is 2.12 bits per heavy atom. The van der Waals surface area contributed by atoms with Crippen LogP contribution in [0.4, 0.5) is 9.93 Å². The molecule has 10 heteroatoms. The van der Waals surface area contributed by atoms with Crippen molar-refractivity contribution >= 4 is 34.4 Å². The number of anilines is 1. The summed E-state index contributed by atoms with van der Waals surface area (Å²) >= 11 is 1.23. The average molecular weight is 379 g/mol. The number of thiazole rings is 1. The Kier molecular flexibility index (Phi) is 6.34. The molecule has 140 valence electrons. The molecule has 3 amide bonds. The number of H-pyrrole nitrogens is 1. The van der Waals surface area contributed by atoms with Crippen molar-refractivity contribution in [1.29, 1.82) is 0 Å². The van der Waals surface area contributed by atoms with Crippen molar-refractivity contribution in [3.05, 3.63) is 23.3 Å². The van der Waals surface area contributed by atoms with Crippen molar-refractivity contribution in [1.82, 2.24) is 15.3 Å². The first-order valence-corrected chi connectivity index (χ1v) is 8.77. The fourth-order valence-corrected chi connectivity index (χ4v) is 2.97. The molecule has 2 aromatic rings. The van der Waals surface area contributed by atoms with Gasteiger partial charge in [-0.3, -0.25) is 9.59 Å². The summed E-state index contributed by atoms with van der Waals surface area (Å²) in [5.41, 5.74) is 6.76. The maximum atomic E-state index is 12.5. The Morgan fingerprint density at radius 3 is 2.69 bits per heavy atom.